The zero-order valence-electron chi connectivity index (χ0n) is 15.2. The van der Waals surface area contributed by atoms with Crippen molar-refractivity contribution in [3.05, 3.63) is 51.1 Å². The highest BCUT2D eigenvalue weighted by molar-refractivity contribution is 5.81. The van der Waals surface area contributed by atoms with Gasteiger partial charge in [-0.1, -0.05) is 24.6 Å². The Morgan fingerprint density at radius 2 is 2.26 bits per heavy atom. The number of aromatic nitrogens is 3. The van der Waals surface area contributed by atoms with Crippen LogP contribution in [0.25, 0.3) is 5.65 Å². The molecule has 0 aliphatic carbocycles. The van der Waals surface area contributed by atoms with Crippen LogP contribution in [0.3, 0.4) is 0 Å². The van der Waals surface area contributed by atoms with Crippen LogP contribution in [0, 0.1) is 25.2 Å². The Kier molecular flexibility index (Phi) is 4.98. The number of amides is 1. The molecule has 2 aromatic heterocycles. The summed E-state index contributed by atoms with van der Waals surface area (Å²) in [5.74, 6) is -0.415. The number of ether oxygens (including phenoxy) is 1. The molecule has 0 spiro atoms. The van der Waals surface area contributed by atoms with E-state index in [1.165, 1.54) is 0 Å². The van der Waals surface area contributed by atoms with Gasteiger partial charge in [0.2, 0.25) is 0 Å². The predicted octanol–water partition coefficient (Wildman–Crippen LogP) is 1.58. The average molecular weight is 369 g/mol. The van der Waals surface area contributed by atoms with Crippen LogP contribution in [0.1, 0.15) is 35.7 Å². The number of hydrogen-bond donors (Lipinski definition) is 2. The molecule has 0 saturated carbocycles. The third-order valence-corrected chi connectivity index (χ3v) is 4.17. The molecule has 9 heteroatoms. The molecule has 3 rings (SSSR count). The maximum absolute atomic E-state index is 12.5. The summed E-state index contributed by atoms with van der Waals surface area (Å²) in [6, 6.07) is 7.70. The lowest BCUT2D eigenvalue weighted by Crippen LogP contribution is -2.38. The lowest BCUT2D eigenvalue weighted by atomic mass is 10.1. The standard InChI is InChI=1S/C18H19N5O4/c1-4-14(26-15-6-5-10(2)7-11(15)3)17(24)20-9-13-12(8-19)16-22-27-18(25)23(16)21-13/h5-7,14,22H,4,9H2,1-3H3,(H,20,24). The van der Waals surface area contributed by atoms with Gasteiger partial charge in [-0.3, -0.25) is 4.79 Å². The molecule has 140 valence electrons. The Hall–Kier alpha value is -3.54. The number of hydrogen-bond acceptors (Lipinski definition) is 6. The van der Waals surface area contributed by atoms with Crippen molar-refractivity contribution in [2.45, 2.75) is 39.8 Å². The number of carbonyl (C=O) groups excluding carboxylic acids is 1. The molecule has 0 radical (unpaired) electrons. The highest BCUT2D eigenvalue weighted by Crippen LogP contribution is 2.21. The van der Waals surface area contributed by atoms with E-state index in [-0.39, 0.29) is 29.4 Å². The zero-order valence-corrected chi connectivity index (χ0v) is 15.2. The fourth-order valence-corrected chi connectivity index (χ4v) is 2.76. The molecular weight excluding hydrogens is 350 g/mol. The first-order valence-corrected chi connectivity index (χ1v) is 8.45. The van der Waals surface area contributed by atoms with Crippen molar-refractivity contribution in [3.63, 3.8) is 0 Å². The first-order valence-electron chi connectivity index (χ1n) is 8.45. The third-order valence-electron chi connectivity index (χ3n) is 4.17. The van der Waals surface area contributed by atoms with Gasteiger partial charge in [0, 0.05) is 0 Å². The second kappa shape index (κ2) is 7.37. The first-order chi connectivity index (χ1) is 12.9. The summed E-state index contributed by atoms with van der Waals surface area (Å²) in [6.07, 6.45) is -0.216. The van der Waals surface area contributed by atoms with Crippen molar-refractivity contribution in [2.24, 2.45) is 0 Å². The SMILES string of the molecule is CCC(Oc1ccc(C)cc1C)C(=O)NCc1nn2c(=O)o[nH]c2c1C#N. The van der Waals surface area contributed by atoms with Crippen molar-refractivity contribution >= 4 is 11.6 Å². The van der Waals surface area contributed by atoms with Crippen LogP contribution in [0.5, 0.6) is 5.75 Å². The Balaban J connectivity index is 1.72. The van der Waals surface area contributed by atoms with Gasteiger partial charge in [-0.2, -0.15) is 15.5 Å². The largest absolute Gasteiger partial charge is 0.480 e. The summed E-state index contributed by atoms with van der Waals surface area (Å²) in [6.45, 7) is 5.74. The van der Waals surface area contributed by atoms with E-state index in [0.717, 1.165) is 15.6 Å². The maximum atomic E-state index is 12.5. The third kappa shape index (κ3) is 3.55. The van der Waals surface area contributed by atoms with E-state index in [2.05, 4.69) is 20.1 Å². The van der Waals surface area contributed by atoms with Gasteiger partial charge < -0.3 is 14.6 Å². The van der Waals surface area contributed by atoms with Crippen LogP contribution < -0.4 is 15.8 Å². The van der Waals surface area contributed by atoms with Gasteiger partial charge in [-0.15, -0.1) is 4.52 Å². The molecule has 0 fully saturated rings. The van der Waals surface area contributed by atoms with E-state index >= 15 is 0 Å². The van der Waals surface area contributed by atoms with Gasteiger partial charge >= 0.3 is 5.76 Å². The molecule has 0 aliphatic heterocycles. The maximum Gasteiger partial charge on any atom is 0.461 e. The van der Waals surface area contributed by atoms with E-state index in [1.807, 2.05) is 45.0 Å². The fourth-order valence-electron chi connectivity index (χ4n) is 2.76. The van der Waals surface area contributed by atoms with Crippen LogP contribution in [0.2, 0.25) is 0 Å². The number of benzene rings is 1. The van der Waals surface area contributed by atoms with Crippen molar-refractivity contribution in [1.82, 2.24) is 20.1 Å². The Bertz CT molecular complexity index is 1090. The van der Waals surface area contributed by atoms with Gasteiger partial charge in [0.25, 0.3) is 5.91 Å². The summed E-state index contributed by atoms with van der Waals surface area (Å²) in [5.41, 5.74) is 2.63. The minimum atomic E-state index is -0.733. The first kappa shape index (κ1) is 18.3. The van der Waals surface area contributed by atoms with Gasteiger partial charge in [-0.05, 0) is 31.9 Å². The van der Waals surface area contributed by atoms with Crippen LogP contribution >= 0.6 is 0 Å². The molecular formula is C18H19N5O4. The van der Waals surface area contributed by atoms with Crippen molar-refractivity contribution in [3.8, 4) is 11.8 Å². The molecule has 1 atom stereocenters. The molecule has 0 saturated heterocycles. The number of H-pyrrole nitrogens is 1. The van der Waals surface area contributed by atoms with Crippen molar-refractivity contribution in [1.29, 1.82) is 5.26 Å². The smallest absolute Gasteiger partial charge is 0.461 e. The lowest BCUT2D eigenvalue weighted by Gasteiger charge is -2.18. The van der Waals surface area contributed by atoms with E-state index in [9.17, 15) is 14.9 Å². The monoisotopic (exact) mass is 369 g/mol. The number of aromatic amines is 1. The Morgan fingerprint density at radius 3 is 2.93 bits per heavy atom. The van der Waals surface area contributed by atoms with E-state index < -0.39 is 11.9 Å². The second-order valence-electron chi connectivity index (χ2n) is 6.17. The van der Waals surface area contributed by atoms with Crippen LogP contribution in [0.4, 0.5) is 0 Å². The number of nitrogens with one attached hydrogen (secondary N) is 2. The second-order valence-corrected chi connectivity index (χ2v) is 6.17. The molecule has 3 aromatic rings. The summed E-state index contributed by atoms with van der Waals surface area (Å²) in [7, 11) is 0. The summed E-state index contributed by atoms with van der Waals surface area (Å²) in [5, 5.41) is 18.3. The normalized spacial score (nSPS) is 11.9. The Labute approximate surface area is 154 Å². The lowest BCUT2D eigenvalue weighted by molar-refractivity contribution is -0.128. The number of nitrogens with zero attached hydrogens (tertiary/aromatic N) is 3. The number of rotatable bonds is 6. The van der Waals surface area contributed by atoms with Crippen molar-refractivity contribution in [2.75, 3.05) is 0 Å². The minimum absolute atomic E-state index is 0.0105. The van der Waals surface area contributed by atoms with E-state index in [1.54, 1.807) is 0 Å². The minimum Gasteiger partial charge on any atom is -0.480 e. The molecule has 27 heavy (non-hydrogen) atoms. The van der Waals surface area contributed by atoms with Crippen LogP contribution in [0.15, 0.2) is 27.5 Å². The van der Waals surface area contributed by atoms with Gasteiger partial charge in [-0.25, -0.2) is 4.79 Å². The quantitative estimate of drug-likeness (QED) is 0.679. The van der Waals surface area contributed by atoms with Gasteiger partial charge in [0.1, 0.15) is 23.1 Å². The fraction of sp³-hybridized carbons (Fsp3) is 0.333. The van der Waals surface area contributed by atoms with Crippen LogP contribution in [-0.2, 0) is 11.3 Å². The molecule has 1 aromatic carbocycles. The van der Waals surface area contributed by atoms with E-state index in [4.69, 9.17) is 4.74 Å². The molecule has 0 bridgehead atoms. The molecule has 0 aliphatic rings. The molecule has 1 amide bonds. The van der Waals surface area contributed by atoms with Crippen molar-refractivity contribution < 1.29 is 14.1 Å². The van der Waals surface area contributed by atoms with Gasteiger partial charge in [0.15, 0.2) is 11.8 Å². The predicted molar refractivity (Wildman–Crippen MR) is 95.3 cm³/mol. The number of nitriles is 1. The van der Waals surface area contributed by atoms with E-state index in [0.29, 0.717) is 12.2 Å². The molecule has 2 heterocycles. The average Bonchev–Trinajstić information content (AvgIpc) is 3.18. The summed E-state index contributed by atoms with van der Waals surface area (Å²) < 4.78 is 11.4. The van der Waals surface area contributed by atoms with Crippen LogP contribution in [-0.4, -0.2) is 26.8 Å². The highest BCUT2D eigenvalue weighted by atomic mass is 16.5. The number of aryl methyl sites for hydroxylation is 2. The number of carbonyl (C=O) groups is 1. The highest BCUT2D eigenvalue weighted by Gasteiger charge is 2.22. The molecule has 1 unspecified atom stereocenters. The summed E-state index contributed by atoms with van der Waals surface area (Å²) in [4.78, 5) is 24.0. The molecule has 2 N–H and O–H groups in total. The Morgan fingerprint density at radius 1 is 1.48 bits per heavy atom. The summed E-state index contributed by atoms with van der Waals surface area (Å²) >= 11 is 0. The number of fused-ring (bicyclic) bond motifs is 1. The zero-order chi connectivity index (χ0) is 19.6. The topological polar surface area (TPSA) is 125 Å². The van der Waals surface area contributed by atoms with Gasteiger partial charge in [0.05, 0.1) is 6.54 Å². The molecule has 9 nitrogen and oxygen atoms in total.